The molecule has 68 heavy (non-hydrogen) atoms. The van der Waals surface area contributed by atoms with Gasteiger partial charge in [-0.15, -0.1) is 0 Å². The molecule has 0 bridgehead atoms. The molecule has 0 N–H and O–H groups in total. The minimum absolute atomic E-state index is 0.0220. The maximum atomic E-state index is 2.52. The number of benzene rings is 10. The minimum Gasteiger partial charge on any atom is -0.0622 e. The first-order chi connectivity index (χ1) is 32.3. The van der Waals surface area contributed by atoms with Gasteiger partial charge in [0.1, 0.15) is 0 Å². The lowest BCUT2D eigenvalue weighted by atomic mass is 9.76. The summed E-state index contributed by atoms with van der Waals surface area (Å²) >= 11 is 0. The lowest BCUT2D eigenvalue weighted by molar-refractivity contribution is 0.568. The van der Waals surface area contributed by atoms with Gasteiger partial charge in [-0.05, 0) is 155 Å². The van der Waals surface area contributed by atoms with Crippen molar-refractivity contribution in [3.05, 3.63) is 204 Å². The molecule has 0 fully saturated rings. The van der Waals surface area contributed by atoms with Crippen molar-refractivity contribution in [3.63, 3.8) is 0 Å². The predicted molar refractivity (Wildman–Crippen MR) is 298 cm³/mol. The molecule has 0 unspecified atom stereocenters. The van der Waals surface area contributed by atoms with Crippen LogP contribution >= 0.6 is 0 Å². The van der Waals surface area contributed by atoms with Gasteiger partial charge in [0, 0.05) is 0 Å². The molecule has 0 atom stereocenters. The second-order valence-corrected chi connectivity index (χ2v) is 23.4. The SMILES string of the molecule is CC(C)(C)c1cc(-c2c3ccccc3c(-c3cc(C(C)(C)C)cc(C(C)(C)C)c3)c3cc(-c4ccc5c(-c6ccccc6)c6ccccc6c(-c6ccccc6)c5c4)ccc23)cc(C(C)(C)C)c1. The summed E-state index contributed by atoms with van der Waals surface area (Å²) in [7, 11) is 0. The topological polar surface area (TPSA) is 0 Å². The van der Waals surface area contributed by atoms with E-state index in [0.29, 0.717) is 0 Å². The maximum Gasteiger partial charge on any atom is -0.00259 e. The van der Waals surface area contributed by atoms with Crippen LogP contribution in [-0.2, 0) is 21.7 Å². The van der Waals surface area contributed by atoms with Crippen LogP contribution in [0.25, 0.3) is 98.7 Å². The fraction of sp³-hybridized carbons (Fsp3) is 0.235. The summed E-state index contributed by atoms with van der Waals surface area (Å²) < 4.78 is 0. The van der Waals surface area contributed by atoms with Gasteiger partial charge in [-0.1, -0.05) is 253 Å². The molecule has 0 aliphatic rings. The van der Waals surface area contributed by atoms with Crippen LogP contribution in [0, 0.1) is 0 Å². The van der Waals surface area contributed by atoms with E-state index in [9.17, 15) is 0 Å². The number of hydrogen-bond donors (Lipinski definition) is 0. The van der Waals surface area contributed by atoms with Crippen molar-refractivity contribution in [1.82, 2.24) is 0 Å². The summed E-state index contributed by atoms with van der Waals surface area (Å²) in [6.45, 7) is 28.2. The van der Waals surface area contributed by atoms with Crippen LogP contribution in [-0.4, -0.2) is 0 Å². The van der Waals surface area contributed by atoms with Crippen LogP contribution < -0.4 is 0 Å². The quantitative estimate of drug-likeness (QED) is 0.151. The lowest BCUT2D eigenvalue weighted by Crippen LogP contribution is -2.16. The molecule has 0 aromatic heterocycles. The molecule has 10 rings (SSSR count). The highest BCUT2D eigenvalue weighted by atomic mass is 14.3. The van der Waals surface area contributed by atoms with E-state index < -0.39 is 0 Å². The third-order valence-electron chi connectivity index (χ3n) is 14.4. The highest BCUT2D eigenvalue weighted by Gasteiger charge is 2.27. The summed E-state index contributed by atoms with van der Waals surface area (Å²) in [5.74, 6) is 0. The van der Waals surface area contributed by atoms with Crippen molar-refractivity contribution in [2.45, 2.75) is 105 Å². The normalized spacial score (nSPS) is 12.7. The van der Waals surface area contributed by atoms with Crippen molar-refractivity contribution in [3.8, 4) is 55.6 Å². The molecule has 0 aliphatic carbocycles. The summed E-state index contributed by atoms with van der Waals surface area (Å²) in [6, 6.07) is 69.5. The molecule has 0 heteroatoms. The van der Waals surface area contributed by atoms with Gasteiger partial charge in [0.05, 0.1) is 0 Å². The smallest absolute Gasteiger partial charge is 0.00259 e. The Balaban J connectivity index is 1.34. The molecule has 0 heterocycles. The van der Waals surface area contributed by atoms with E-state index in [1.165, 1.54) is 121 Å². The van der Waals surface area contributed by atoms with E-state index in [4.69, 9.17) is 0 Å². The van der Waals surface area contributed by atoms with Crippen molar-refractivity contribution in [2.24, 2.45) is 0 Å². The first kappa shape index (κ1) is 45.0. The molecule has 0 spiro atoms. The van der Waals surface area contributed by atoms with Crippen molar-refractivity contribution in [2.75, 3.05) is 0 Å². The number of rotatable bonds is 5. The highest BCUT2D eigenvalue weighted by molar-refractivity contribution is 6.24. The Kier molecular flexibility index (Phi) is 10.9. The summed E-state index contributed by atoms with van der Waals surface area (Å²) in [6.07, 6.45) is 0. The van der Waals surface area contributed by atoms with Crippen LogP contribution in [0.3, 0.4) is 0 Å². The van der Waals surface area contributed by atoms with Gasteiger partial charge in [0.15, 0.2) is 0 Å². The molecule has 10 aromatic carbocycles. The second kappa shape index (κ2) is 16.5. The first-order valence-electron chi connectivity index (χ1n) is 24.7. The zero-order valence-electron chi connectivity index (χ0n) is 42.3. The molecule has 0 nitrogen and oxygen atoms in total. The van der Waals surface area contributed by atoms with Crippen LogP contribution in [0.4, 0.5) is 0 Å². The summed E-state index contributed by atoms with van der Waals surface area (Å²) in [4.78, 5) is 0. The Morgan fingerprint density at radius 2 is 0.441 bits per heavy atom. The Labute approximate surface area is 405 Å². The third kappa shape index (κ3) is 8.13. The average Bonchev–Trinajstić information content (AvgIpc) is 3.31. The van der Waals surface area contributed by atoms with Gasteiger partial charge < -0.3 is 0 Å². The Bertz CT molecular complexity index is 3490. The predicted octanol–water partition coefficient (Wildman–Crippen LogP) is 19.8. The van der Waals surface area contributed by atoms with Crippen LogP contribution in [0.1, 0.15) is 105 Å². The molecular weight excluding hydrogens is 817 g/mol. The minimum atomic E-state index is -0.0339. The van der Waals surface area contributed by atoms with Gasteiger partial charge in [-0.2, -0.15) is 0 Å². The van der Waals surface area contributed by atoms with Gasteiger partial charge >= 0.3 is 0 Å². The van der Waals surface area contributed by atoms with E-state index in [2.05, 4.69) is 265 Å². The second-order valence-electron chi connectivity index (χ2n) is 23.4. The molecule has 0 saturated carbocycles. The van der Waals surface area contributed by atoms with Crippen molar-refractivity contribution < 1.29 is 0 Å². The van der Waals surface area contributed by atoms with Crippen molar-refractivity contribution >= 4 is 43.1 Å². The number of fused-ring (bicyclic) bond motifs is 4. The zero-order valence-corrected chi connectivity index (χ0v) is 42.3. The fourth-order valence-corrected chi connectivity index (χ4v) is 10.4. The van der Waals surface area contributed by atoms with Gasteiger partial charge in [0.2, 0.25) is 0 Å². The Hall–Kier alpha value is -6.76. The molecular formula is C68H66. The molecule has 0 radical (unpaired) electrons. The largest absolute Gasteiger partial charge is 0.0622 e. The van der Waals surface area contributed by atoms with Gasteiger partial charge in [0.25, 0.3) is 0 Å². The van der Waals surface area contributed by atoms with E-state index >= 15 is 0 Å². The summed E-state index contributed by atoms with van der Waals surface area (Å²) in [5.41, 5.74) is 17.9. The van der Waals surface area contributed by atoms with Gasteiger partial charge in [-0.3, -0.25) is 0 Å². The summed E-state index contributed by atoms with van der Waals surface area (Å²) in [5, 5.41) is 10.2. The Morgan fingerprint density at radius 1 is 0.191 bits per heavy atom. The van der Waals surface area contributed by atoms with Crippen LogP contribution in [0.15, 0.2) is 182 Å². The number of hydrogen-bond acceptors (Lipinski definition) is 0. The standard InChI is InChI=1S/C68H66/c1-65(2,3)49-35-47(36-50(41-49)66(4,5)6)63-55-29-21-22-30-56(55)64(48-37-51(67(7,8)9)42-52(38-48)68(10,11)12)60-40-46(32-34-58(60)63)45-31-33-57-59(39-45)62(44-25-17-14-18-26-44)54-28-20-19-27-53(54)61(57)43-23-15-13-16-24-43/h13-42H,1-12H3. The maximum absolute atomic E-state index is 2.52. The third-order valence-corrected chi connectivity index (χ3v) is 14.4. The van der Waals surface area contributed by atoms with Crippen LogP contribution in [0.2, 0.25) is 0 Å². The fourth-order valence-electron chi connectivity index (χ4n) is 10.4. The monoisotopic (exact) mass is 883 g/mol. The molecule has 0 aliphatic heterocycles. The van der Waals surface area contributed by atoms with Crippen LogP contribution in [0.5, 0.6) is 0 Å². The van der Waals surface area contributed by atoms with E-state index in [0.717, 1.165) is 0 Å². The van der Waals surface area contributed by atoms with Gasteiger partial charge in [-0.25, -0.2) is 0 Å². The molecule has 0 saturated heterocycles. The Morgan fingerprint density at radius 3 is 0.750 bits per heavy atom. The zero-order chi connectivity index (χ0) is 47.9. The van der Waals surface area contributed by atoms with E-state index in [1.54, 1.807) is 0 Å². The van der Waals surface area contributed by atoms with E-state index in [-0.39, 0.29) is 21.7 Å². The molecule has 10 aromatic rings. The highest BCUT2D eigenvalue weighted by Crippen LogP contribution is 2.49. The lowest BCUT2D eigenvalue weighted by Gasteiger charge is -2.28. The molecule has 0 amide bonds. The van der Waals surface area contributed by atoms with E-state index in [1.807, 2.05) is 0 Å². The first-order valence-corrected chi connectivity index (χ1v) is 24.7. The molecule has 338 valence electrons. The average molecular weight is 883 g/mol. The van der Waals surface area contributed by atoms with Crippen molar-refractivity contribution in [1.29, 1.82) is 0 Å².